The second-order valence-corrected chi connectivity index (χ2v) is 3.32. The summed E-state index contributed by atoms with van der Waals surface area (Å²) < 4.78 is 0. The van der Waals surface area contributed by atoms with Crippen molar-refractivity contribution in [2.45, 2.75) is 39.5 Å². The van der Waals surface area contributed by atoms with Gasteiger partial charge in [0.2, 0.25) is 11.8 Å². The standard InChI is InChI=1S/C10H20N2O2/c1-3-4-5-6-7-11-10(14)8-12-9(2)13/h3-8H2,1-2H3,(H,11,14)(H,12,13). The molecular formula is C10H20N2O2. The van der Waals surface area contributed by atoms with Crippen molar-refractivity contribution in [1.29, 1.82) is 0 Å². The smallest absolute Gasteiger partial charge is 0.239 e. The predicted octanol–water partition coefficient (Wildman–Crippen LogP) is 0.819. The minimum atomic E-state index is -0.175. The summed E-state index contributed by atoms with van der Waals surface area (Å²) in [7, 11) is 0. The van der Waals surface area contributed by atoms with E-state index >= 15 is 0 Å². The number of amides is 2. The predicted molar refractivity (Wildman–Crippen MR) is 55.8 cm³/mol. The third kappa shape index (κ3) is 9.03. The number of hydrogen-bond donors (Lipinski definition) is 2. The van der Waals surface area contributed by atoms with Crippen molar-refractivity contribution in [2.24, 2.45) is 0 Å². The van der Waals surface area contributed by atoms with E-state index in [1.54, 1.807) is 0 Å². The van der Waals surface area contributed by atoms with E-state index in [1.807, 2.05) is 0 Å². The minimum Gasteiger partial charge on any atom is -0.355 e. The van der Waals surface area contributed by atoms with Crippen molar-refractivity contribution < 1.29 is 9.59 Å². The Bertz CT molecular complexity index is 181. The highest BCUT2D eigenvalue weighted by atomic mass is 16.2. The lowest BCUT2D eigenvalue weighted by molar-refractivity contribution is -0.125. The highest BCUT2D eigenvalue weighted by Gasteiger charge is 2.00. The van der Waals surface area contributed by atoms with Crippen molar-refractivity contribution in [3.05, 3.63) is 0 Å². The topological polar surface area (TPSA) is 58.2 Å². The van der Waals surface area contributed by atoms with Crippen LogP contribution < -0.4 is 10.6 Å². The number of rotatable bonds is 7. The van der Waals surface area contributed by atoms with Crippen molar-refractivity contribution >= 4 is 11.8 Å². The summed E-state index contributed by atoms with van der Waals surface area (Å²) in [6, 6.07) is 0. The van der Waals surface area contributed by atoms with Crippen LogP contribution in [0.5, 0.6) is 0 Å². The zero-order valence-corrected chi connectivity index (χ0v) is 9.06. The molecule has 0 saturated heterocycles. The molecule has 0 aliphatic carbocycles. The van der Waals surface area contributed by atoms with Crippen LogP contribution in [0.25, 0.3) is 0 Å². The number of carbonyl (C=O) groups is 2. The van der Waals surface area contributed by atoms with Gasteiger partial charge in [0, 0.05) is 13.5 Å². The number of carbonyl (C=O) groups excluding carboxylic acids is 2. The molecule has 0 saturated carbocycles. The van der Waals surface area contributed by atoms with E-state index in [2.05, 4.69) is 17.6 Å². The van der Waals surface area contributed by atoms with Crippen LogP contribution >= 0.6 is 0 Å². The molecule has 0 aliphatic rings. The van der Waals surface area contributed by atoms with Gasteiger partial charge in [-0.2, -0.15) is 0 Å². The molecule has 0 bridgehead atoms. The molecule has 0 aromatic rings. The average Bonchev–Trinajstić information content (AvgIpc) is 2.14. The zero-order valence-electron chi connectivity index (χ0n) is 9.06. The lowest BCUT2D eigenvalue weighted by Crippen LogP contribution is -2.36. The second kappa shape index (κ2) is 8.53. The second-order valence-electron chi connectivity index (χ2n) is 3.32. The molecule has 2 amide bonds. The third-order valence-corrected chi connectivity index (χ3v) is 1.85. The van der Waals surface area contributed by atoms with Crippen molar-refractivity contribution in [2.75, 3.05) is 13.1 Å². The first-order valence-electron chi connectivity index (χ1n) is 5.18. The third-order valence-electron chi connectivity index (χ3n) is 1.85. The van der Waals surface area contributed by atoms with Crippen LogP contribution in [0.15, 0.2) is 0 Å². The first-order valence-corrected chi connectivity index (χ1v) is 5.18. The lowest BCUT2D eigenvalue weighted by Gasteiger charge is -2.04. The van der Waals surface area contributed by atoms with Crippen LogP contribution in [-0.2, 0) is 9.59 Å². The van der Waals surface area contributed by atoms with E-state index in [4.69, 9.17) is 0 Å². The zero-order chi connectivity index (χ0) is 10.8. The molecule has 0 heterocycles. The van der Waals surface area contributed by atoms with E-state index in [9.17, 15) is 9.59 Å². The van der Waals surface area contributed by atoms with Crippen LogP contribution in [0, 0.1) is 0 Å². The summed E-state index contributed by atoms with van der Waals surface area (Å²) in [6.45, 7) is 4.34. The van der Waals surface area contributed by atoms with Gasteiger partial charge in [-0.25, -0.2) is 0 Å². The Hall–Kier alpha value is -1.06. The van der Waals surface area contributed by atoms with Gasteiger partial charge >= 0.3 is 0 Å². The molecule has 0 unspecified atom stereocenters. The quantitative estimate of drug-likeness (QED) is 0.598. The van der Waals surface area contributed by atoms with Gasteiger partial charge in [-0.3, -0.25) is 9.59 Å². The Labute approximate surface area is 85.4 Å². The van der Waals surface area contributed by atoms with E-state index < -0.39 is 0 Å². The fourth-order valence-corrected chi connectivity index (χ4v) is 1.05. The Morgan fingerprint density at radius 2 is 1.79 bits per heavy atom. The normalized spacial score (nSPS) is 9.57. The van der Waals surface area contributed by atoms with Crippen LogP contribution in [0.3, 0.4) is 0 Å². The summed E-state index contributed by atoms with van der Waals surface area (Å²) >= 11 is 0. The van der Waals surface area contributed by atoms with Gasteiger partial charge in [0.05, 0.1) is 6.54 Å². The van der Waals surface area contributed by atoms with Crippen LogP contribution in [0.2, 0.25) is 0 Å². The summed E-state index contributed by atoms with van der Waals surface area (Å²) in [5.74, 6) is -0.289. The molecule has 0 rings (SSSR count). The molecule has 14 heavy (non-hydrogen) atoms. The highest BCUT2D eigenvalue weighted by molar-refractivity contribution is 5.83. The van der Waals surface area contributed by atoms with E-state index in [0.29, 0.717) is 6.54 Å². The molecule has 0 atom stereocenters. The minimum absolute atomic E-state index is 0.0864. The van der Waals surface area contributed by atoms with Crippen LogP contribution in [-0.4, -0.2) is 24.9 Å². The van der Waals surface area contributed by atoms with Gasteiger partial charge < -0.3 is 10.6 Å². The molecule has 82 valence electrons. The maximum absolute atomic E-state index is 11.1. The van der Waals surface area contributed by atoms with E-state index in [1.165, 1.54) is 19.8 Å². The molecule has 4 nitrogen and oxygen atoms in total. The van der Waals surface area contributed by atoms with Gasteiger partial charge in [-0.05, 0) is 6.42 Å². The van der Waals surface area contributed by atoms with E-state index in [-0.39, 0.29) is 18.4 Å². The van der Waals surface area contributed by atoms with Crippen LogP contribution in [0.4, 0.5) is 0 Å². The largest absolute Gasteiger partial charge is 0.355 e. The van der Waals surface area contributed by atoms with Crippen LogP contribution in [0.1, 0.15) is 39.5 Å². The summed E-state index contributed by atoms with van der Waals surface area (Å²) in [6.07, 6.45) is 4.57. The van der Waals surface area contributed by atoms with Crippen molar-refractivity contribution in [3.8, 4) is 0 Å². The summed E-state index contributed by atoms with van der Waals surface area (Å²) in [5, 5.41) is 5.19. The molecule has 0 aromatic heterocycles. The summed E-state index contributed by atoms with van der Waals surface area (Å²) in [4.78, 5) is 21.5. The molecule has 0 spiro atoms. The number of nitrogens with one attached hydrogen (secondary N) is 2. The first-order chi connectivity index (χ1) is 6.66. The molecule has 0 radical (unpaired) electrons. The first kappa shape index (κ1) is 12.9. The molecule has 4 heteroatoms. The Morgan fingerprint density at radius 3 is 2.36 bits per heavy atom. The molecule has 0 fully saturated rings. The molecular weight excluding hydrogens is 180 g/mol. The SMILES string of the molecule is CCCCCCNC(=O)CNC(C)=O. The van der Waals surface area contributed by atoms with Gasteiger partial charge in [-0.1, -0.05) is 26.2 Å². The molecule has 0 aromatic carbocycles. The fourth-order valence-electron chi connectivity index (χ4n) is 1.05. The number of unbranched alkanes of at least 4 members (excludes halogenated alkanes) is 3. The maximum atomic E-state index is 11.1. The monoisotopic (exact) mass is 200 g/mol. The van der Waals surface area contributed by atoms with Crippen molar-refractivity contribution in [3.63, 3.8) is 0 Å². The molecule has 2 N–H and O–H groups in total. The van der Waals surface area contributed by atoms with Gasteiger partial charge in [0.1, 0.15) is 0 Å². The van der Waals surface area contributed by atoms with Gasteiger partial charge in [0.15, 0.2) is 0 Å². The molecule has 0 aliphatic heterocycles. The van der Waals surface area contributed by atoms with Crippen molar-refractivity contribution in [1.82, 2.24) is 10.6 Å². The highest BCUT2D eigenvalue weighted by Crippen LogP contribution is 1.96. The summed E-state index contributed by atoms with van der Waals surface area (Å²) in [5.41, 5.74) is 0. The van der Waals surface area contributed by atoms with Gasteiger partial charge in [0.25, 0.3) is 0 Å². The maximum Gasteiger partial charge on any atom is 0.239 e. The average molecular weight is 200 g/mol. The Balaban J connectivity index is 3.22. The number of hydrogen-bond acceptors (Lipinski definition) is 2. The Kier molecular flexibility index (Phi) is 7.89. The lowest BCUT2D eigenvalue weighted by atomic mass is 10.2. The fraction of sp³-hybridized carbons (Fsp3) is 0.800. The van der Waals surface area contributed by atoms with Gasteiger partial charge in [-0.15, -0.1) is 0 Å². The van der Waals surface area contributed by atoms with E-state index in [0.717, 1.165) is 12.8 Å². The Morgan fingerprint density at radius 1 is 1.07 bits per heavy atom.